The molecule has 0 bridgehead atoms. The summed E-state index contributed by atoms with van der Waals surface area (Å²) >= 11 is 0. The zero-order valence-corrected chi connectivity index (χ0v) is 12.7. The van der Waals surface area contributed by atoms with Gasteiger partial charge in [-0.15, -0.1) is 0 Å². The average molecular weight is 287 g/mol. The van der Waals surface area contributed by atoms with Crippen molar-refractivity contribution in [3.8, 4) is 0 Å². The maximum Gasteiger partial charge on any atom is 0.269 e. The van der Waals surface area contributed by atoms with E-state index < -0.39 is 0 Å². The van der Waals surface area contributed by atoms with Crippen molar-refractivity contribution in [2.45, 2.75) is 32.7 Å². The summed E-state index contributed by atoms with van der Waals surface area (Å²) in [5.41, 5.74) is 3.30. The van der Waals surface area contributed by atoms with Crippen molar-refractivity contribution < 1.29 is 4.92 Å². The second-order valence-corrected chi connectivity index (χ2v) is 5.45. The fourth-order valence-electron chi connectivity index (χ4n) is 2.38. The van der Waals surface area contributed by atoms with Gasteiger partial charge in [0.15, 0.2) is 0 Å². The molecular weight excluding hydrogens is 266 g/mol. The number of hydrogen-bond donors (Lipinski definition) is 1. The van der Waals surface area contributed by atoms with Crippen LogP contribution in [0.5, 0.6) is 0 Å². The van der Waals surface area contributed by atoms with Gasteiger partial charge in [0, 0.05) is 42.8 Å². The molecule has 0 aliphatic heterocycles. The van der Waals surface area contributed by atoms with Crippen LogP contribution in [0.3, 0.4) is 0 Å². The summed E-state index contributed by atoms with van der Waals surface area (Å²) in [5, 5.41) is 14.2. The molecule has 0 saturated heterocycles. The molecule has 1 unspecified atom stereocenters. The van der Waals surface area contributed by atoms with Gasteiger partial charge in [0.05, 0.1) is 4.92 Å². The molecule has 1 heterocycles. The summed E-state index contributed by atoms with van der Waals surface area (Å²) in [4.78, 5) is 10.4. The molecule has 0 aliphatic carbocycles. The van der Waals surface area contributed by atoms with Crippen LogP contribution in [-0.2, 0) is 13.5 Å². The Morgan fingerprint density at radius 3 is 2.71 bits per heavy atom. The summed E-state index contributed by atoms with van der Waals surface area (Å²) in [5.74, 6) is 0. The predicted molar refractivity (Wildman–Crippen MR) is 84.7 cm³/mol. The van der Waals surface area contributed by atoms with E-state index in [0.717, 1.165) is 24.1 Å². The lowest BCUT2D eigenvalue weighted by molar-refractivity contribution is -0.384. The van der Waals surface area contributed by atoms with Gasteiger partial charge in [-0.1, -0.05) is 0 Å². The SMILES string of the molecule is Cc1cc([N+](=O)[O-])ccc1NC(C)CCc1cccn1C. The number of nitro groups is 1. The Labute approximate surface area is 124 Å². The van der Waals surface area contributed by atoms with Crippen LogP contribution >= 0.6 is 0 Å². The van der Waals surface area contributed by atoms with Crippen molar-refractivity contribution in [1.29, 1.82) is 0 Å². The number of nitro benzene ring substituents is 1. The molecule has 1 aromatic carbocycles. The molecule has 0 fully saturated rings. The van der Waals surface area contributed by atoms with Gasteiger partial charge in [0.1, 0.15) is 0 Å². The van der Waals surface area contributed by atoms with Crippen LogP contribution in [-0.4, -0.2) is 15.5 Å². The van der Waals surface area contributed by atoms with Crippen molar-refractivity contribution in [2.75, 3.05) is 5.32 Å². The van der Waals surface area contributed by atoms with E-state index in [-0.39, 0.29) is 10.6 Å². The molecule has 0 spiro atoms. The van der Waals surface area contributed by atoms with Gasteiger partial charge in [-0.3, -0.25) is 10.1 Å². The first kappa shape index (κ1) is 15.1. The summed E-state index contributed by atoms with van der Waals surface area (Å²) in [6.07, 6.45) is 4.06. The summed E-state index contributed by atoms with van der Waals surface area (Å²) in [6, 6.07) is 9.41. The van der Waals surface area contributed by atoms with Gasteiger partial charge in [0.25, 0.3) is 5.69 Å². The third-order valence-electron chi connectivity index (χ3n) is 3.71. The second-order valence-electron chi connectivity index (χ2n) is 5.45. The van der Waals surface area contributed by atoms with Crippen LogP contribution in [0, 0.1) is 17.0 Å². The van der Waals surface area contributed by atoms with Crippen LogP contribution in [0.2, 0.25) is 0 Å². The first-order valence-corrected chi connectivity index (χ1v) is 7.09. The minimum atomic E-state index is -0.365. The first-order valence-electron chi connectivity index (χ1n) is 7.09. The lowest BCUT2D eigenvalue weighted by Gasteiger charge is -2.17. The molecule has 0 amide bonds. The number of nitrogens with zero attached hydrogens (tertiary/aromatic N) is 2. The van der Waals surface area contributed by atoms with Crippen LogP contribution < -0.4 is 5.32 Å². The quantitative estimate of drug-likeness (QED) is 0.651. The minimum Gasteiger partial charge on any atom is -0.382 e. The van der Waals surface area contributed by atoms with E-state index in [1.165, 1.54) is 5.69 Å². The maximum absolute atomic E-state index is 10.7. The van der Waals surface area contributed by atoms with E-state index >= 15 is 0 Å². The number of benzene rings is 1. The number of nitrogens with one attached hydrogen (secondary N) is 1. The standard InChI is InChI=1S/C16H21N3O2/c1-12-11-15(19(20)21)8-9-16(12)17-13(2)6-7-14-5-4-10-18(14)3/h4-5,8-11,13,17H,6-7H2,1-3H3. The normalized spacial score (nSPS) is 12.1. The zero-order chi connectivity index (χ0) is 15.4. The smallest absolute Gasteiger partial charge is 0.269 e. The van der Waals surface area contributed by atoms with Crippen molar-refractivity contribution in [2.24, 2.45) is 7.05 Å². The Bertz CT molecular complexity index is 634. The molecule has 0 saturated carbocycles. The molecule has 2 aromatic rings. The van der Waals surface area contributed by atoms with Crippen LogP contribution in [0.25, 0.3) is 0 Å². The number of anilines is 1. The summed E-state index contributed by atoms with van der Waals surface area (Å²) in [7, 11) is 2.05. The molecule has 1 N–H and O–H groups in total. The van der Waals surface area contributed by atoms with Crippen LogP contribution in [0.15, 0.2) is 36.5 Å². The van der Waals surface area contributed by atoms with Gasteiger partial charge in [-0.25, -0.2) is 0 Å². The third-order valence-corrected chi connectivity index (χ3v) is 3.71. The first-order chi connectivity index (χ1) is 9.97. The Morgan fingerprint density at radius 1 is 1.38 bits per heavy atom. The molecule has 2 rings (SSSR count). The summed E-state index contributed by atoms with van der Waals surface area (Å²) < 4.78 is 2.13. The molecule has 1 aromatic heterocycles. The van der Waals surface area contributed by atoms with E-state index in [0.29, 0.717) is 6.04 Å². The van der Waals surface area contributed by atoms with Gasteiger partial charge in [-0.2, -0.15) is 0 Å². The Kier molecular flexibility index (Phi) is 4.62. The molecular formula is C16H21N3O2. The molecule has 0 radical (unpaired) electrons. The molecule has 5 heteroatoms. The van der Waals surface area contributed by atoms with E-state index in [1.54, 1.807) is 18.2 Å². The topological polar surface area (TPSA) is 60.1 Å². The van der Waals surface area contributed by atoms with Gasteiger partial charge < -0.3 is 9.88 Å². The summed E-state index contributed by atoms with van der Waals surface area (Å²) in [6.45, 7) is 4.02. The molecule has 0 aliphatic rings. The highest BCUT2D eigenvalue weighted by Crippen LogP contribution is 2.22. The monoisotopic (exact) mass is 287 g/mol. The fraction of sp³-hybridized carbons (Fsp3) is 0.375. The zero-order valence-electron chi connectivity index (χ0n) is 12.7. The lowest BCUT2D eigenvalue weighted by atomic mass is 10.1. The Balaban J connectivity index is 1.95. The Hall–Kier alpha value is -2.30. The third kappa shape index (κ3) is 3.84. The van der Waals surface area contributed by atoms with Crippen molar-refractivity contribution in [3.63, 3.8) is 0 Å². The highest BCUT2D eigenvalue weighted by atomic mass is 16.6. The highest BCUT2D eigenvalue weighted by Gasteiger charge is 2.10. The van der Waals surface area contributed by atoms with E-state index in [4.69, 9.17) is 0 Å². The number of aryl methyl sites for hydroxylation is 3. The Morgan fingerprint density at radius 2 is 2.14 bits per heavy atom. The fourth-order valence-corrected chi connectivity index (χ4v) is 2.38. The number of non-ortho nitro benzene ring substituents is 1. The molecule has 112 valence electrons. The minimum absolute atomic E-state index is 0.134. The number of aromatic nitrogens is 1. The van der Waals surface area contributed by atoms with Gasteiger partial charge in [-0.05, 0) is 50.5 Å². The highest BCUT2D eigenvalue weighted by molar-refractivity contribution is 5.55. The van der Waals surface area contributed by atoms with Crippen LogP contribution in [0.1, 0.15) is 24.6 Å². The van der Waals surface area contributed by atoms with E-state index in [2.05, 4.69) is 22.9 Å². The van der Waals surface area contributed by atoms with Crippen molar-refractivity contribution in [1.82, 2.24) is 4.57 Å². The van der Waals surface area contributed by atoms with Gasteiger partial charge in [0.2, 0.25) is 0 Å². The second kappa shape index (κ2) is 6.43. The number of rotatable bonds is 6. The molecule has 5 nitrogen and oxygen atoms in total. The van der Waals surface area contributed by atoms with Crippen molar-refractivity contribution in [3.05, 3.63) is 57.9 Å². The van der Waals surface area contributed by atoms with Gasteiger partial charge >= 0.3 is 0 Å². The predicted octanol–water partition coefficient (Wildman–Crippen LogP) is 3.67. The molecule has 21 heavy (non-hydrogen) atoms. The van der Waals surface area contributed by atoms with Crippen LogP contribution in [0.4, 0.5) is 11.4 Å². The van der Waals surface area contributed by atoms with E-state index in [9.17, 15) is 10.1 Å². The van der Waals surface area contributed by atoms with E-state index in [1.807, 2.05) is 26.2 Å². The van der Waals surface area contributed by atoms with Crippen molar-refractivity contribution >= 4 is 11.4 Å². The molecule has 1 atom stereocenters. The maximum atomic E-state index is 10.7. The largest absolute Gasteiger partial charge is 0.382 e. The number of hydrogen-bond acceptors (Lipinski definition) is 3. The average Bonchev–Trinajstić information content (AvgIpc) is 2.84. The lowest BCUT2D eigenvalue weighted by Crippen LogP contribution is -2.17.